The van der Waals surface area contributed by atoms with Crippen LogP contribution in [0, 0.1) is 28.6 Å². The molecule has 3 fully saturated rings. The van der Waals surface area contributed by atoms with Gasteiger partial charge in [0.15, 0.2) is 0 Å². The van der Waals surface area contributed by atoms with Gasteiger partial charge in [0.05, 0.1) is 23.1 Å². The Morgan fingerprint density at radius 3 is 2.45 bits per heavy atom. The van der Waals surface area contributed by atoms with Gasteiger partial charge < -0.3 is 15.1 Å². The van der Waals surface area contributed by atoms with Gasteiger partial charge in [-0.15, -0.1) is 0 Å². The summed E-state index contributed by atoms with van der Waals surface area (Å²) < 4.78 is 40.3. The van der Waals surface area contributed by atoms with Crippen LogP contribution >= 0.6 is 0 Å². The minimum atomic E-state index is -4.63. The molecule has 1 aromatic rings. The van der Waals surface area contributed by atoms with Crippen molar-refractivity contribution in [3.8, 4) is 6.07 Å². The number of amides is 2. The third kappa shape index (κ3) is 3.95. The zero-order chi connectivity index (χ0) is 22.4. The lowest BCUT2D eigenvalue weighted by Gasteiger charge is -2.42. The highest BCUT2D eigenvalue weighted by Crippen LogP contribution is 2.47. The Labute approximate surface area is 179 Å². The smallest absolute Gasteiger partial charge is 0.370 e. The number of halogens is 3. The van der Waals surface area contributed by atoms with E-state index in [0.29, 0.717) is 44.7 Å². The zero-order valence-electron chi connectivity index (χ0n) is 17.3. The molecule has 0 bridgehead atoms. The predicted molar refractivity (Wildman–Crippen MR) is 107 cm³/mol. The molecule has 1 unspecified atom stereocenters. The maximum Gasteiger partial charge on any atom is 0.417 e. The Morgan fingerprint density at radius 2 is 1.90 bits per heavy atom. The van der Waals surface area contributed by atoms with E-state index in [4.69, 9.17) is 5.26 Å². The molecular weight excluding hydrogens is 409 g/mol. The van der Waals surface area contributed by atoms with E-state index in [1.54, 1.807) is 13.1 Å². The number of nitriles is 1. The van der Waals surface area contributed by atoms with Crippen LogP contribution in [0.25, 0.3) is 0 Å². The molecule has 9 heteroatoms. The van der Waals surface area contributed by atoms with Crippen molar-refractivity contribution in [3.05, 3.63) is 29.3 Å². The van der Waals surface area contributed by atoms with Crippen molar-refractivity contribution in [3.63, 3.8) is 0 Å². The molecule has 4 rings (SSSR count). The van der Waals surface area contributed by atoms with Crippen molar-refractivity contribution in [1.29, 1.82) is 5.26 Å². The van der Waals surface area contributed by atoms with Crippen LogP contribution < -0.4 is 10.2 Å². The molecule has 2 saturated heterocycles. The average Bonchev–Trinajstić information content (AvgIpc) is 3.55. The summed E-state index contributed by atoms with van der Waals surface area (Å²) in [7, 11) is 1.56. The van der Waals surface area contributed by atoms with Gasteiger partial charge in [0.2, 0.25) is 11.8 Å². The largest absolute Gasteiger partial charge is 0.417 e. The molecule has 1 saturated carbocycles. The van der Waals surface area contributed by atoms with Gasteiger partial charge in [-0.1, -0.05) is 0 Å². The summed E-state index contributed by atoms with van der Waals surface area (Å²) in [4.78, 5) is 28.8. The van der Waals surface area contributed by atoms with E-state index in [1.165, 1.54) is 12.1 Å². The fourth-order valence-corrected chi connectivity index (χ4v) is 5.03. The van der Waals surface area contributed by atoms with Gasteiger partial charge in [-0.2, -0.15) is 18.4 Å². The van der Waals surface area contributed by atoms with Crippen molar-refractivity contribution >= 4 is 17.5 Å². The predicted octanol–water partition coefficient (Wildman–Crippen LogP) is 2.78. The molecule has 3 aliphatic rings. The zero-order valence-corrected chi connectivity index (χ0v) is 17.3. The van der Waals surface area contributed by atoms with Crippen LogP contribution in [0.5, 0.6) is 0 Å². The van der Waals surface area contributed by atoms with Crippen LogP contribution in [0.4, 0.5) is 18.9 Å². The number of hydrogen-bond donors (Lipinski definition) is 1. The lowest BCUT2D eigenvalue weighted by molar-refractivity contribution is -0.138. The van der Waals surface area contributed by atoms with Gasteiger partial charge in [0.25, 0.3) is 0 Å². The van der Waals surface area contributed by atoms with Crippen LogP contribution in [0.15, 0.2) is 18.2 Å². The van der Waals surface area contributed by atoms with Gasteiger partial charge >= 0.3 is 6.18 Å². The summed E-state index contributed by atoms with van der Waals surface area (Å²) in [5.41, 5.74) is -1.42. The maximum absolute atomic E-state index is 13.4. The lowest BCUT2D eigenvalue weighted by atomic mass is 9.70. The first-order valence-corrected chi connectivity index (χ1v) is 10.6. The van der Waals surface area contributed by atoms with E-state index in [1.807, 2.05) is 9.80 Å². The molecule has 1 aliphatic carbocycles. The third-order valence-corrected chi connectivity index (χ3v) is 7.00. The molecule has 1 spiro atoms. The Bertz CT molecular complexity index is 928. The number of likely N-dealkylation sites (tertiary alicyclic amines) is 1. The third-order valence-electron chi connectivity index (χ3n) is 7.00. The number of piperidine rings is 1. The van der Waals surface area contributed by atoms with E-state index < -0.39 is 22.7 Å². The van der Waals surface area contributed by atoms with Crippen LogP contribution in [0.2, 0.25) is 0 Å². The van der Waals surface area contributed by atoms with Crippen molar-refractivity contribution in [2.45, 2.75) is 31.9 Å². The first-order valence-electron chi connectivity index (χ1n) is 10.6. The Hall–Kier alpha value is -2.76. The second kappa shape index (κ2) is 7.74. The Balaban J connectivity index is 1.59. The van der Waals surface area contributed by atoms with Crippen molar-refractivity contribution < 1.29 is 22.8 Å². The molecule has 1 atom stereocenters. The van der Waals surface area contributed by atoms with Gasteiger partial charge in [-0.05, 0) is 43.9 Å². The molecule has 2 heterocycles. The highest BCUT2D eigenvalue weighted by atomic mass is 19.4. The first-order chi connectivity index (χ1) is 14.7. The molecule has 0 aromatic heterocycles. The number of carbonyl (C=O) groups is 2. The normalized spacial score (nSPS) is 23.0. The summed E-state index contributed by atoms with van der Waals surface area (Å²) in [5, 5.41) is 11.7. The summed E-state index contributed by atoms with van der Waals surface area (Å²) in [6, 6.07) is 5.31. The van der Waals surface area contributed by atoms with Gasteiger partial charge in [0.1, 0.15) is 0 Å². The van der Waals surface area contributed by atoms with Crippen LogP contribution in [-0.2, 0) is 15.8 Å². The SMILES string of the molecule is CNC(=O)C1CN(c2ccc(C#N)c(C(F)(F)F)c2)CC12CCN(C(=O)C1CC1)CC2. The number of rotatable bonds is 3. The highest BCUT2D eigenvalue weighted by Gasteiger charge is 2.52. The molecule has 31 heavy (non-hydrogen) atoms. The van der Waals surface area contributed by atoms with E-state index in [0.717, 1.165) is 18.9 Å². The number of carbonyl (C=O) groups excluding carboxylic acids is 2. The topological polar surface area (TPSA) is 76.4 Å². The molecule has 2 amide bonds. The number of benzene rings is 1. The van der Waals surface area contributed by atoms with Crippen molar-refractivity contribution in [2.75, 3.05) is 38.1 Å². The minimum absolute atomic E-state index is 0.130. The fourth-order valence-electron chi connectivity index (χ4n) is 5.03. The summed E-state index contributed by atoms with van der Waals surface area (Å²) >= 11 is 0. The number of nitrogens with zero attached hydrogens (tertiary/aromatic N) is 3. The summed E-state index contributed by atoms with van der Waals surface area (Å²) in [5.74, 6) is -0.179. The lowest BCUT2D eigenvalue weighted by Crippen LogP contribution is -2.49. The van der Waals surface area contributed by atoms with E-state index >= 15 is 0 Å². The molecule has 2 aliphatic heterocycles. The quantitative estimate of drug-likeness (QED) is 0.794. The maximum atomic E-state index is 13.4. The van der Waals surface area contributed by atoms with Crippen LogP contribution in [0.1, 0.15) is 36.8 Å². The van der Waals surface area contributed by atoms with Crippen molar-refractivity contribution in [2.24, 2.45) is 17.3 Å². The number of nitrogens with one attached hydrogen (secondary N) is 1. The van der Waals surface area contributed by atoms with Gasteiger partial charge in [-0.25, -0.2) is 0 Å². The van der Waals surface area contributed by atoms with Crippen LogP contribution in [0.3, 0.4) is 0 Å². The summed E-state index contributed by atoms with van der Waals surface area (Å²) in [6.07, 6.45) is -1.47. The Kier molecular flexibility index (Phi) is 5.36. The molecule has 1 N–H and O–H groups in total. The standard InChI is InChI=1S/C22H25F3N4O2/c1-27-19(30)18-12-29(16-5-4-15(11-26)17(10-16)22(23,24)25)13-21(18)6-8-28(9-7-21)20(31)14-2-3-14/h4-5,10,14,18H,2-3,6-9,12-13H2,1H3,(H,27,30). The van der Waals surface area contributed by atoms with Gasteiger partial charge in [-0.3, -0.25) is 9.59 Å². The van der Waals surface area contributed by atoms with E-state index in [9.17, 15) is 22.8 Å². The average molecular weight is 434 g/mol. The first kappa shape index (κ1) is 21.5. The molecule has 166 valence electrons. The second-order valence-electron chi connectivity index (χ2n) is 8.85. The molecule has 0 radical (unpaired) electrons. The molecule has 1 aromatic carbocycles. The Morgan fingerprint density at radius 1 is 1.23 bits per heavy atom. The molecule has 6 nitrogen and oxygen atoms in total. The number of anilines is 1. The highest BCUT2D eigenvalue weighted by molar-refractivity contribution is 5.82. The number of hydrogen-bond acceptors (Lipinski definition) is 4. The van der Waals surface area contributed by atoms with E-state index in [2.05, 4.69) is 5.32 Å². The van der Waals surface area contributed by atoms with E-state index in [-0.39, 0.29) is 23.7 Å². The summed E-state index contributed by atoms with van der Waals surface area (Å²) in [6.45, 7) is 1.88. The minimum Gasteiger partial charge on any atom is -0.370 e. The molecular formula is C22H25F3N4O2. The van der Waals surface area contributed by atoms with Gasteiger partial charge in [0, 0.05) is 50.2 Å². The van der Waals surface area contributed by atoms with Crippen molar-refractivity contribution in [1.82, 2.24) is 10.2 Å². The monoisotopic (exact) mass is 434 g/mol. The number of alkyl halides is 3. The van der Waals surface area contributed by atoms with Crippen LogP contribution in [-0.4, -0.2) is 49.9 Å². The fraction of sp³-hybridized carbons (Fsp3) is 0.591. The second-order valence-corrected chi connectivity index (χ2v) is 8.85.